The second-order valence-corrected chi connectivity index (χ2v) is 6.56. The Morgan fingerprint density at radius 3 is 2.30 bits per heavy atom. The quantitative estimate of drug-likeness (QED) is 0.575. The fourth-order valence-electron chi connectivity index (χ4n) is 2.71. The molecule has 0 bridgehead atoms. The number of rotatable bonds is 7. The van der Waals surface area contributed by atoms with E-state index in [1.54, 1.807) is 48.7 Å². The molecule has 2 N–H and O–H groups in total. The Hall–Kier alpha value is -3.58. The number of hydrogen-bond donors (Lipinski definition) is 2. The van der Waals surface area contributed by atoms with Gasteiger partial charge in [0.15, 0.2) is 11.5 Å². The van der Waals surface area contributed by atoms with Gasteiger partial charge >= 0.3 is 0 Å². The standard InChI is InChI=1S/C22H20ClN3O4/c1-3-30-20-18(23)10-15(11-19(20)29-2)22(28)26-17-8-4-7-16(12-17)25-21(27)14-6-5-9-24-13-14/h4-13H,3H2,1-2H3,(H,25,27)(H,26,28). The van der Waals surface area contributed by atoms with E-state index in [0.29, 0.717) is 40.6 Å². The van der Waals surface area contributed by atoms with Crippen LogP contribution in [-0.4, -0.2) is 30.5 Å². The number of hydrogen-bond acceptors (Lipinski definition) is 5. The summed E-state index contributed by atoms with van der Waals surface area (Å²) < 4.78 is 10.8. The number of anilines is 2. The minimum atomic E-state index is -0.381. The molecule has 1 heterocycles. The van der Waals surface area contributed by atoms with Crippen LogP contribution in [0.25, 0.3) is 0 Å². The number of nitrogens with one attached hydrogen (secondary N) is 2. The molecule has 0 unspecified atom stereocenters. The zero-order valence-corrected chi connectivity index (χ0v) is 17.2. The molecule has 3 aromatic rings. The van der Waals surface area contributed by atoms with Crippen molar-refractivity contribution in [3.8, 4) is 11.5 Å². The van der Waals surface area contributed by atoms with Crippen molar-refractivity contribution in [1.82, 2.24) is 4.98 Å². The number of ether oxygens (including phenoxy) is 2. The predicted octanol–water partition coefficient (Wildman–Crippen LogP) is 4.65. The van der Waals surface area contributed by atoms with Gasteiger partial charge in [0.25, 0.3) is 11.8 Å². The molecule has 2 aromatic carbocycles. The molecule has 0 radical (unpaired) electrons. The third-order valence-electron chi connectivity index (χ3n) is 4.08. The number of methoxy groups -OCH3 is 1. The second kappa shape index (κ2) is 9.76. The smallest absolute Gasteiger partial charge is 0.257 e. The fourth-order valence-corrected chi connectivity index (χ4v) is 2.98. The maximum absolute atomic E-state index is 12.7. The van der Waals surface area contributed by atoms with E-state index >= 15 is 0 Å². The van der Waals surface area contributed by atoms with Crippen molar-refractivity contribution in [2.24, 2.45) is 0 Å². The predicted molar refractivity (Wildman–Crippen MR) is 116 cm³/mol. The zero-order chi connectivity index (χ0) is 21.5. The van der Waals surface area contributed by atoms with Gasteiger partial charge in [-0.15, -0.1) is 0 Å². The van der Waals surface area contributed by atoms with Crippen LogP contribution >= 0.6 is 11.6 Å². The van der Waals surface area contributed by atoms with Crippen molar-refractivity contribution in [3.63, 3.8) is 0 Å². The first-order valence-electron chi connectivity index (χ1n) is 9.15. The van der Waals surface area contributed by atoms with Crippen LogP contribution in [0.5, 0.6) is 11.5 Å². The monoisotopic (exact) mass is 425 g/mol. The van der Waals surface area contributed by atoms with Gasteiger partial charge in [-0.1, -0.05) is 17.7 Å². The van der Waals surface area contributed by atoms with Crippen molar-refractivity contribution in [2.45, 2.75) is 6.92 Å². The van der Waals surface area contributed by atoms with Crippen LogP contribution in [0.2, 0.25) is 5.02 Å². The molecule has 154 valence electrons. The van der Waals surface area contributed by atoms with E-state index in [-0.39, 0.29) is 16.8 Å². The summed E-state index contributed by atoms with van der Waals surface area (Å²) in [5.41, 5.74) is 1.78. The molecule has 8 heteroatoms. The van der Waals surface area contributed by atoms with E-state index in [1.807, 2.05) is 6.92 Å². The Morgan fingerprint density at radius 2 is 1.70 bits per heavy atom. The molecule has 30 heavy (non-hydrogen) atoms. The number of pyridine rings is 1. The van der Waals surface area contributed by atoms with Crippen LogP contribution in [0.15, 0.2) is 60.9 Å². The number of aromatic nitrogens is 1. The SMILES string of the molecule is CCOc1c(Cl)cc(C(=O)Nc2cccc(NC(=O)c3cccnc3)c2)cc1OC. The lowest BCUT2D eigenvalue weighted by Crippen LogP contribution is -2.14. The summed E-state index contributed by atoms with van der Waals surface area (Å²) in [6.07, 6.45) is 3.07. The Labute approximate surface area is 179 Å². The maximum atomic E-state index is 12.7. The van der Waals surface area contributed by atoms with Gasteiger partial charge in [0.2, 0.25) is 0 Å². The van der Waals surface area contributed by atoms with Gasteiger partial charge in [-0.2, -0.15) is 0 Å². The van der Waals surface area contributed by atoms with Crippen LogP contribution in [0.3, 0.4) is 0 Å². The van der Waals surface area contributed by atoms with Crippen LogP contribution in [-0.2, 0) is 0 Å². The van der Waals surface area contributed by atoms with E-state index in [0.717, 1.165) is 0 Å². The van der Waals surface area contributed by atoms with Crippen molar-refractivity contribution in [2.75, 3.05) is 24.4 Å². The molecule has 0 aliphatic carbocycles. The third kappa shape index (κ3) is 5.07. The van der Waals surface area contributed by atoms with E-state index in [2.05, 4.69) is 15.6 Å². The molecular weight excluding hydrogens is 406 g/mol. The number of benzene rings is 2. The lowest BCUT2D eigenvalue weighted by atomic mass is 10.1. The minimum absolute atomic E-state index is 0.277. The molecule has 2 amide bonds. The average molecular weight is 426 g/mol. The summed E-state index contributed by atoms with van der Waals surface area (Å²) in [7, 11) is 1.48. The number of carbonyl (C=O) groups excluding carboxylic acids is 2. The molecule has 1 aromatic heterocycles. The van der Waals surface area contributed by atoms with E-state index in [4.69, 9.17) is 21.1 Å². The van der Waals surface area contributed by atoms with Crippen LogP contribution < -0.4 is 20.1 Å². The topological polar surface area (TPSA) is 89.6 Å². The highest BCUT2D eigenvalue weighted by atomic mass is 35.5. The molecule has 0 saturated heterocycles. The van der Waals surface area contributed by atoms with E-state index < -0.39 is 0 Å². The van der Waals surface area contributed by atoms with Crippen molar-refractivity contribution in [3.05, 3.63) is 77.1 Å². The molecule has 0 fully saturated rings. The fraction of sp³-hybridized carbons (Fsp3) is 0.136. The number of halogens is 1. The number of amides is 2. The molecule has 7 nitrogen and oxygen atoms in total. The first-order valence-corrected chi connectivity index (χ1v) is 9.52. The van der Waals surface area contributed by atoms with Gasteiger partial charge in [-0.25, -0.2) is 0 Å². The summed E-state index contributed by atoms with van der Waals surface area (Å²) in [6.45, 7) is 2.25. The van der Waals surface area contributed by atoms with Crippen LogP contribution in [0.4, 0.5) is 11.4 Å². The van der Waals surface area contributed by atoms with Crippen LogP contribution in [0.1, 0.15) is 27.6 Å². The van der Waals surface area contributed by atoms with E-state index in [9.17, 15) is 9.59 Å². The lowest BCUT2D eigenvalue weighted by molar-refractivity contribution is 0.101. The maximum Gasteiger partial charge on any atom is 0.257 e. The average Bonchev–Trinajstić information content (AvgIpc) is 2.75. The van der Waals surface area contributed by atoms with Gasteiger partial charge in [0.05, 0.1) is 24.3 Å². The van der Waals surface area contributed by atoms with Gasteiger partial charge in [0, 0.05) is 29.3 Å². The number of carbonyl (C=O) groups is 2. The minimum Gasteiger partial charge on any atom is -0.493 e. The van der Waals surface area contributed by atoms with Gasteiger partial charge < -0.3 is 20.1 Å². The first-order chi connectivity index (χ1) is 14.5. The summed E-state index contributed by atoms with van der Waals surface area (Å²) in [4.78, 5) is 28.9. The highest BCUT2D eigenvalue weighted by Crippen LogP contribution is 2.36. The zero-order valence-electron chi connectivity index (χ0n) is 16.4. The summed E-state index contributed by atoms with van der Waals surface area (Å²) in [6, 6.07) is 13.2. The van der Waals surface area contributed by atoms with Gasteiger partial charge in [0.1, 0.15) is 0 Å². The molecule has 0 saturated carbocycles. The summed E-state index contributed by atoms with van der Waals surface area (Å²) >= 11 is 6.24. The Kier molecular flexibility index (Phi) is 6.87. The molecule has 0 aliphatic heterocycles. The van der Waals surface area contributed by atoms with Crippen molar-refractivity contribution >= 4 is 34.8 Å². The summed E-state index contributed by atoms with van der Waals surface area (Å²) in [5, 5.41) is 5.83. The van der Waals surface area contributed by atoms with Crippen molar-refractivity contribution < 1.29 is 19.1 Å². The number of nitrogens with zero attached hydrogens (tertiary/aromatic N) is 1. The lowest BCUT2D eigenvalue weighted by Gasteiger charge is -2.13. The second-order valence-electron chi connectivity index (χ2n) is 6.15. The molecule has 0 aliphatic rings. The highest BCUT2D eigenvalue weighted by Gasteiger charge is 2.16. The van der Waals surface area contributed by atoms with E-state index in [1.165, 1.54) is 19.4 Å². The molecule has 3 rings (SSSR count). The molecular formula is C22H20ClN3O4. The Morgan fingerprint density at radius 1 is 1.00 bits per heavy atom. The van der Waals surface area contributed by atoms with Gasteiger partial charge in [-0.05, 0) is 49.4 Å². The van der Waals surface area contributed by atoms with Crippen LogP contribution in [0, 0.1) is 0 Å². The molecule has 0 atom stereocenters. The Balaban J connectivity index is 1.75. The molecule has 0 spiro atoms. The summed E-state index contributed by atoms with van der Waals surface area (Å²) in [5.74, 6) is 0.0777. The highest BCUT2D eigenvalue weighted by molar-refractivity contribution is 6.32. The largest absolute Gasteiger partial charge is 0.493 e. The first kappa shape index (κ1) is 21.1. The normalized spacial score (nSPS) is 10.2. The van der Waals surface area contributed by atoms with Gasteiger partial charge in [-0.3, -0.25) is 14.6 Å². The van der Waals surface area contributed by atoms with Crippen molar-refractivity contribution in [1.29, 1.82) is 0 Å². The third-order valence-corrected chi connectivity index (χ3v) is 4.36. The Bertz CT molecular complexity index is 1060.